The van der Waals surface area contributed by atoms with E-state index in [1.807, 2.05) is 35.7 Å². The molecule has 0 saturated heterocycles. The van der Waals surface area contributed by atoms with E-state index in [4.69, 9.17) is 9.73 Å². The lowest BCUT2D eigenvalue weighted by Gasteiger charge is -2.13. The summed E-state index contributed by atoms with van der Waals surface area (Å²) < 4.78 is 7.86. The lowest BCUT2D eigenvalue weighted by atomic mass is 10.1. The van der Waals surface area contributed by atoms with Gasteiger partial charge in [0.25, 0.3) is 0 Å². The van der Waals surface area contributed by atoms with Crippen LogP contribution in [0.1, 0.15) is 37.2 Å². The summed E-state index contributed by atoms with van der Waals surface area (Å²) in [5.41, 5.74) is 3.09. The highest BCUT2D eigenvalue weighted by atomic mass is 16.5. The molecule has 0 amide bonds. The number of nitrogens with one attached hydrogen (secondary N) is 2. The number of hydrogen-bond acceptors (Lipinski definition) is 4. The molecule has 0 unspecified atom stereocenters. The molecule has 0 bridgehead atoms. The predicted octanol–water partition coefficient (Wildman–Crippen LogP) is 3.08. The molecule has 0 aliphatic heterocycles. The molecule has 0 aliphatic carbocycles. The fourth-order valence-electron chi connectivity index (χ4n) is 2.82. The molecule has 7 heteroatoms. The van der Waals surface area contributed by atoms with Gasteiger partial charge in [-0.05, 0) is 44.0 Å². The SMILES string of the molecule is CCCOc1cc(C)ccc1CN=C(NCC)NCc1nnc2ccccn12. The van der Waals surface area contributed by atoms with E-state index in [0.717, 1.165) is 41.7 Å². The van der Waals surface area contributed by atoms with Crippen molar-refractivity contribution in [2.75, 3.05) is 13.2 Å². The molecule has 2 heterocycles. The van der Waals surface area contributed by atoms with Crippen LogP contribution in [0, 0.1) is 6.92 Å². The minimum atomic E-state index is 0.532. The summed E-state index contributed by atoms with van der Waals surface area (Å²) in [6.45, 7) is 8.78. The minimum Gasteiger partial charge on any atom is -0.493 e. The van der Waals surface area contributed by atoms with Gasteiger partial charge in [0.05, 0.1) is 19.7 Å². The first-order valence-electron chi connectivity index (χ1n) is 9.74. The summed E-state index contributed by atoms with van der Waals surface area (Å²) >= 11 is 0. The van der Waals surface area contributed by atoms with Crippen molar-refractivity contribution in [2.24, 2.45) is 4.99 Å². The fraction of sp³-hybridized carbons (Fsp3) is 0.381. The van der Waals surface area contributed by atoms with Crippen LogP contribution >= 0.6 is 0 Å². The third-order valence-corrected chi connectivity index (χ3v) is 4.23. The van der Waals surface area contributed by atoms with Gasteiger partial charge in [-0.2, -0.15) is 0 Å². The maximum Gasteiger partial charge on any atom is 0.191 e. The van der Waals surface area contributed by atoms with Crippen LogP contribution in [0.2, 0.25) is 0 Å². The Morgan fingerprint density at radius 1 is 1.14 bits per heavy atom. The second kappa shape index (κ2) is 9.73. The summed E-state index contributed by atoms with van der Waals surface area (Å²) in [6.07, 6.45) is 2.94. The van der Waals surface area contributed by atoms with Crippen LogP contribution in [0.3, 0.4) is 0 Å². The average molecular weight is 380 g/mol. The van der Waals surface area contributed by atoms with E-state index in [9.17, 15) is 0 Å². The Hall–Kier alpha value is -3.09. The van der Waals surface area contributed by atoms with Crippen molar-refractivity contribution < 1.29 is 4.74 Å². The molecule has 0 aliphatic rings. The van der Waals surface area contributed by atoms with E-state index in [0.29, 0.717) is 19.7 Å². The number of aromatic nitrogens is 3. The highest BCUT2D eigenvalue weighted by Crippen LogP contribution is 2.21. The van der Waals surface area contributed by atoms with Crippen molar-refractivity contribution in [3.05, 3.63) is 59.5 Å². The zero-order valence-corrected chi connectivity index (χ0v) is 16.8. The summed E-state index contributed by atoms with van der Waals surface area (Å²) in [7, 11) is 0. The normalized spacial score (nSPS) is 11.6. The molecule has 3 aromatic rings. The van der Waals surface area contributed by atoms with E-state index in [1.54, 1.807) is 0 Å². The lowest BCUT2D eigenvalue weighted by Crippen LogP contribution is -2.37. The fourth-order valence-corrected chi connectivity index (χ4v) is 2.82. The van der Waals surface area contributed by atoms with Crippen molar-refractivity contribution in [1.82, 2.24) is 25.2 Å². The Labute approximate surface area is 165 Å². The third kappa shape index (κ3) is 5.00. The molecule has 0 radical (unpaired) electrons. The van der Waals surface area contributed by atoms with Crippen molar-refractivity contribution >= 4 is 11.6 Å². The second-order valence-corrected chi connectivity index (χ2v) is 6.55. The molecule has 3 rings (SSSR count). The number of benzene rings is 1. The maximum atomic E-state index is 5.89. The van der Waals surface area contributed by atoms with Crippen LogP contribution in [0.15, 0.2) is 47.6 Å². The number of ether oxygens (including phenoxy) is 1. The van der Waals surface area contributed by atoms with E-state index >= 15 is 0 Å². The lowest BCUT2D eigenvalue weighted by molar-refractivity contribution is 0.314. The van der Waals surface area contributed by atoms with Crippen molar-refractivity contribution in [2.45, 2.75) is 40.3 Å². The van der Waals surface area contributed by atoms with Gasteiger partial charge in [-0.1, -0.05) is 25.1 Å². The highest BCUT2D eigenvalue weighted by molar-refractivity contribution is 5.79. The van der Waals surface area contributed by atoms with Gasteiger partial charge in [-0.15, -0.1) is 10.2 Å². The number of pyridine rings is 1. The molecule has 0 atom stereocenters. The molecule has 7 nitrogen and oxygen atoms in total. The van der Waals surface area contributed by atoms with Crippen LogP contribution < -0.4 is 15.4 Å². The second-order valence-electron chi connectivity index (χ2n) is 6.55. The molecular formula is C21H28N6O. The van der Waals surface area contributed by atoms with Gasteiger partial charge >= 0.3 is 0 Å². The van der Waals surface area contributed by atoms with Gasteiger partial charge in [0.2, 0.25) is 0 Å². The number of aliphatic imine (C=N–C) groups is 1. The van der Waals surface area contributed by atoms with Gasteiger partial charge < -0.3 is 15.4 Å². The smallest absolute Gasteiger partial charge is 0.191 e. The van der Waals surface area contributed by atoms with Crippen molar-refractivity contribution in [3.8, 4) is 5.75 Å². The molecule has 1 aromatic carbocycles. The van der Waals surface area contributed by atoms with Gasteiger partial charge in [0, 0.05) is 18.3 Å². The predicted molar refractivity (Wildman–Crippen MR) is 112 cm³/mol. The molecule has 2 aromatic heterocycles. The quantitative estimate of drug-likeness (QED) is 0.464. The van der Waals surface area contributed by atoms with E-state index in [-0.39, 0.29) is 0 Å². The Kier molecular flexibility index (Phi) is 6.84. The van der Waals surface area contributed by atoms with Crippen LogP contribution in [-0.2, 0) is 13.1 Å². The van der Waals surface area contributed by atoms with E-state index in [2.05, 4.69) is 52.9 Å². The monoisotopic (exact) mass is 380 g/mol. The Balaban J connectivity index is 1.70. The van der Waals surface area contributed by atoms with E-state index in [1.165, 1.54) is 5.56 Å². The first-order chi connectivity index (χ1) is 13.7. The topological polar surface area (TPSA) is 75.8 Å². The minimum absolute atomic E-state index is 0.532. The molecule has 0 fully saturated rings. The van der Waals surface area contributed by atoms with Gasteiger partial charge in [0.15, 0.2) is 17.4 Å². The standard InChI is InChI=1S/C21H28N6O/c1-4-12-28-18-13-16(3)9-10-17(18)14-23-21(22-5-2)24-15-20-26-25-19-8-6-7-11-27(19)20/h6-11,13H,4-5,12,14-15H2,1-3H3,(H2,22,23,24). The molecule has 0 saturated carbocycles. The first kappa shape index (κ1) is 19.7. The van der Waals surface area contributed by atoms with Crippen LogP contribution in [0.5, 0.6) is 5.75 Å². The van der Waals surface area contributed by atoms with Crippen LogP contribution in [0.4, 0.5) is 0 Å². The zero-order valence-electron chi connectivity index (χ0n) is 16.8. The van der Waals surface area contributed by atoms with E-state index < -0.39 is 0 Å². The zero-order chi connectivity index (χ0) is 19.8. The number of guanidine groups is 1. The largest absolute Gasteiger partial charge is 0.493 e. The van der Waals surface area contributed by atoms with Crippen molar-refractivity contribution in [3.63, 3.8) is 0 Å². The Bertz CT molecular complexity index is 934. The molecule has 0 spiro atoms. The van der Waals surface area contributed by atoms with Crippen molar-refractivity contribution in [1.29, 1.82) is 0 Å². The number of nitrogens with zero attached hydrogens (tertiary/aromatic N) is 4. The summed E-state index contributed by atoms with van der Waals surface area (Å²) in [5.74, 6) is 2.48. The maximum absolute atomic E-state index is 5.89. The Morgan fingerprint density at radius 2 is 2.04 bits per heavy atom. The number of hydrogen-bond donors (Lipinski definition) is 2. The number of rotatable bonds is 8. The number of fused-ring (bicyclic) bond motifs is 1. The molecular weight excluding hydrogens is 352 g/mol. The van der Waals surface area contributed by atoms with Crippen LogP contribution in [-0.4, -0.2) is 33.7 Å². The third-order valence-electron chi connectivity index (χ3n) is 4.23. The summed E-state index contributed by atoms with van der Waals surface area (Å²) in [6, 6.07) is 12.1. The van der Waals surface area contributed by atoms with Gasteiger partial charge in [-0.25, -0.2) is 4.99 Å². The van der Waals surface area contributed by atoms with Crippen LogP contribution in [0.25, 0.3) is 5.65 Å². The molecule has 148 valence electrons. The van der Waals surface area contributed by atoms with Gasteiger partial charge in [0.1, 0.15) is 5.75 Å². The van der Waals surface area contributed by atoms with Gasteiger partial charge in [-0.3, -0.25) is 4.40 Å². The number of aryl methyl sites for hydroxylation is 1. The first-order valence-corrected chi connectivity index (χ1v) is 9.74. The molecule has 2 N–H and O–H groups in total. The summed E-state index contributed by atoms with van der Waals surface area (Å²) in [4.78, 5) is 4.72. The summed E-state index contributed by atoms with van der Waals surface area (Å²) in [5, 5.41) is 15.0. The highest BCUT2D eigenvalue weighted by Gasteiger charge is 2.07. The molecule has 28 heavy (non-hydrogen) atoms. The Morgan fingerprint density at radius 3 is 2.86 bits per heavy atom. The average Bonchev–Trinajstić information content (AvgIpc) is 3.12.